The van der Waals surface area contributed by atoms with Crippen LogP contribution >= 0.6 is 0 Å². The monoisotopic (exact) mass is 472 g/mol. The molecule has 0 saturated heterocycles. The number of aromatic nitrogens is 2. The van der Waals surface area contributed by atoms with E-state index in [1.54, 1.807) is 13.0 Å². The van der Waals surface area contributed by atoms with Crippen LogP contribution in [0.3, 0.4) is 0 Å². The number of carbonyl (C=O) groups excluding carboxylic acids is 2. The molecule has 1 heterocycles. The van der Waals surface area contributed by atoms with E-state index in [1.165, 1.54) is 11.5 Å². The summed E-state index contributed by atoms with van der Waals surface area (Å²) in [7, 11) is 0. The van der Waals surface area contributed by atoms with Crippen LogP contribution in [0.4, 0.5) is 0 Å². The Bertz CT molecular complexity index is 1430. The highest BCUT2D eigenvalue weighted by Crippen LogP contribution is 2.32. The maximum atomic E-state index is 13.3. The number of hydrogen-bond donors (Lipinski definition) is 0. The second-order valence-corrected chi connectivity index (χ2v) is 8.28. The van der Waals surface area contributed by atoms with Crippen molar-refractivity contribution >= 4 is 33.7 Å². The first-order valence-corrected chi connectivity index (χ1v) is 11.8. The molecular formula is C28H28N2O5. The fraction of sp³-hybridized carbons (Fsp3) is 0.286. The molecule has 3 aromatic carbocycles. The van der Waals surface area contributed by atoms with Crippen LogP contribution in [-0.2, 0) is 16.0 Å². The third kappa shape index (κ3) is 5.40. The average molecular weight is 473 g/mol. The molecule has 0 atom stereocenters. The van der Waals surface area contributed by atoms with Gasteiger partial charge in [0.05, 0.1) is 24.2 Å². The van der Waals surface area contributed by atoms with Crippen molar-refractivity contribution in [2.75, 3.05) is 13.2 Å². The summed E-state index contributed by atoms with van der Waals surface area (Å²) in [5.41, 5.74) is 1.83. The summed E-state index contributed by atoms with van der Waals surface area (Å²) in [6.45, 7) is 3.92. The van der Waals surface area contributed by atoms with Gasteiger partial charge in [-0.05, 0) is 25.3 Å². The molecule has 4 aromatic rings. The number of fused-ring (bicyclic) bond motifs is 3. The third-order valence-corrected chi connectivity index (χ3v) is 5.76. The molecule has 0 bridgehead atoms. The number of rotatable bonds is 9. The number of esters is 1. The Labute approximate surface area is 203 Å². The Morgan fingerprint density at radius 2 is 1.69 bits per heavy atom. The molecule has 4 rings (SSSR count). The van der Waals surface area contributed by atoms with E-state index in [1.807, 2.05) is 54.6 Å². The molecule has 7 nitrogen and oxygen atoms in total. The summed E-state index contributed by atoms with van der Waals surface area (Å²) in [5, 5.41) is 1.65. The van der Waals surface area contributed by atoms with E-state index in [-0.39, 0.29) is 11.9 Å². The molecular weight excluding hydrogens is 444 g/mol. The Kier molecular flexibility index (Phi) is 7.55. The SMILES string of the molecule is CCOC(=O)CCCCOc1cc2c(nc(Cc3ccccc3)c(=O)n2C(C)=O)c2ccccc12. The highest BCUT2D eigenvalue weighted by Gasteiger charge is 2.18. The second-order valence-electron chi connectivity index (χ2n) is 8.28. The predicted octanol–water partition coefficient (Wildman–Crippen LogP) is 4.91. The van der Waals surface area contributed by atoms with Crippen LogP contribution in [0, 0.1) is 0 Å². The number of ether oxygens (including phenoxy) is 2. The maximum absolute atomic E-state index is 13.3. The Hall–Kier alpha value is -4.00. The summed E-state index contributed by atoms with van der Waals surface area (Å²) >= 11 is 0. The maximum Gasteiger partial charge on any atom is 0.305 e. The quantitative estimate of drug-likeness (QED) is 0.195. The Balaban J connectivity index is 1.73. The Morgan fingerprint density at radius 3 is 2.40 bits per heavy atom. The lowest BCUT2D eigenvalue weighted by Gasteiger charge is -2.15. The van der Waals surface area contributed by atoms with Crippen molar-refractivity contribution in [1.82, 2.24) is 9.55 Å². The number of benzene rings is 3. The van der Waals surface area contributed by atoms with Crippen molar-refractivity contribution in [3.63, 3.8) is 0 Å². The highest BCUT2D eigenvalue weighted by atomic mass is 16.5. The van der Waals surface area contributed by atoms with Gasteiger partial charge in [-0.15, -0.1) is 0 Å². The van der Waals surface area contributed by atoms with Gasteiger partial charge in [0, 0.05) is 36.6 Å². The minimum atomic E-state index is -0.426. The van der Waals surface area contributed by atoms with Crippen LogP contribution in [0.25, 0.3) is 21.8 Å². The fourth-order valence-corrected chi connectivity index (χ4v) is 4.15. The first kappa shape index (κ1) is 24.1. The third-order valence-electron chi connectivity index (χ3n) is 5.76. The van der Waals surface area contributed by atoms with Crippen molar-refractivity contribution in [2.45, 2.75) is 39.5 Å². The van der Waals surface area contributed by atoms with Gasteiger partial charge >= 0.3 is 5.97 Å². The highest BCUT2D eigenvalue weighted by molar-refractivity contribution is 6.08. The molecule has 0 unspecified atom stereocenters. The summed E-state index contributed by atoms with van der Waals surface area (Å²) in [6, 6.07) is 19.0. The van der Waals surface area contributed by atoms with Gasteiger partial charge in [-0.3, -0.25) is 14.4 Å². The summed E-state index contributed by atoms with van der Waals surface area (Å²) < 4.78 is 12.2. The second kappa shape index (κ2) is 11.0. The van der Waals surface area contributed by atoms with Gasteiger partial charge in [0.15, 0.2) is 0 Å². The van der Waals surface area contributed by atoms with E-state index in [4.69, 9.17) is 14.5 Å². The van der Waals surface area contributed by atoms with Crippen molar-refractivity contribution < 1.29 is 19.1 Å². The molecule has 0 radical (unpaired) electrons. The van der Waals surface area contributed by atoms with Crippen LogP contribution in [0.15, 0.2) is 65.5 Å². The molecule has 0 aliphatic rings. The summed E-state index contributed by atoms with van der Waals surface area (Å²) in [6.07, 6.45) is 1.98. The molecule has 0 N–H and O–H groups in total. The van der Waals surface area contributed by atoms with Crippen LogP contribution < -0.4 is 10.3 Å². The van der Waals surface area contributed by atoms with E-state index in [0.29, 0.717) is 61.4 Å². The first-order chi connectivity index (χ1) is 17.0. The van der Waals surface area contributed by atoms with E-state index in [9.17, 15) is 14.4 Å². The smallest absolute Gasteiger partial charge is 0.305 e. The van der Waals surface area contributed by atoms with Crippen LogP contribution in [0.1, 0.15) is 49.2 Å². The number of unbranched alkanes of at least 4 members (excludes halogenated alkanes) is 1. The van der Waals surface area contributed by atoms with Gasteiger partial charge in [-0.25, -0.2) is 9.55 Å². The van der Waals surface area contributed by atoms with E-state index < -0.39 is 5.56 Å². The predicted molar refractivity (Wildman–Crippen MR) is 135 cm³/mol. The van der Waals surface area contributed by atoms with Gasteiger partial charge in [-0.1, -0.05) is 54.6 Å². The molecule has 0 aliphatic carbocycles. The largest absolute Gasteiger partial charge is 0.493 e. The Morgan fingerprint density at radius 1 is 0.971 bits per heavy atom. The van der Waals surface area contributed by atoms with Crippen LogP contribution in [-0.4, -0.2) is 34.6 Å². The zero-order chi connectivity index (χ0) is 24.8. The standard InChI is InChI=1S/C28H28N2O5/c1-3-34-26(32)15-9-10-16-35-25-18-24-27(22-14-8-7-13-21(22)25)29-23(28(33)30(24)19(2)31)17-20-11-5-4-6-12-20/h4-8,11-14,18H,3,9-10,15-17H2,1-2H3. The molecule has 7 heteroatoms. The first-order valence-electron chi connectivity index (χ1n) is 11.8. The van der Waals surface area contributed by atoms with Crippen molar-refractivity contribution in [3.8, 4) is 5.75 Å². The molecule has 0 saturated carbocycles. The van der Waals surface area contributed by atoms with Gasteiger partial charge < -0.3 is 9.47 Å². The molecule has 180 valence electrons. The minimum Gasteiger partial charge on any atom is -0.493 e. The van der Waals surface area contributed by atoms with Crippen molar-refractivity contribution in [1.29, 1.82) is 0 Å². The van der Waals surface area contributed by atoms with Gasteiger partial charge in [0.25, 0.3) is 5.56 Å². The van der Waals surface area contributed by atoms with Gasteiger partial charge in [0.1, 0.15) is 11.4 Å². The lowest BCUT2D eigenvalue weighted by Crippen LogP contribution is -2.29. The lowest BCUT2D eigenvalue weighted by atomic mass is 10.1. The normalized spacial score (nSPS) is 11.0. The lowest BCUT2D eigenvalue weighted by molar-refractivity contribution is -0.143. The van der Waals surface area contributed by atoms with Crippen LogP contribution in [0.2, 0.25) is 0 Å². The zero-order valence-corrected chi connectivity index (χ0v) is 20.0. The van der Waals surface area contributed by atoms with Crippen LogP contribution in [0.5, 0.6) is 5.75 Å². The zero-order valence-electron chi connectivity index (χ0n) is 20.0. The summed E-state index contributed by atoms with van der Waals surface area (Å²) in [5.74, 6) is -0.0323. The van der Waals surface area contributed by atoms with Gasteiger partial charge in [-0.2, -0.15) is 0 Å². The molecule has 0 amide bonds. The van der Waals surface area contributed by atoms with E-state index in [0.717, 1.165) is 16.3 Å². The van der Waals surface area contributed by atoms with Crippen molar-refractivity contribution in [3.05, 3.63) is 82.3 Å². The van der Waals surface area contributed by atoms with E-state index in [2.05, 4.69) is 0 Å². The fourth-order valence-electron chi connectivity index (χ4n) is 4.15. The number of hydrogen-bond acceptors (Lipinski definition) is 6. The molecule has 1 aromatic heterocycles. The molecule has 35 heavy (non-hydrogen) atoms. The van der Waals surface area contributed by atoms with Gasteiger partial charge in [0.2, 0.25) is 5.91 Å². The molecule has 0 spiro atoms. The summed E-state index contributed by atoms with van der Waals surface area (Å²) in [4.78, 5) is 42.2. The minimum absolute atomic E-state index is 0.216. The topological polar surface area (TPSA) is 87.5 Å². The number of carbonyl (C=O) groups is 2. The van der Waals surface area contributed by atoms with Crippen molar-refractivity contribution in [2.24, 2.45) is 0 Å². The number of nitrogens with zero attached hydrogens (tertiary/aromatic N) is 2. The van der Waals surface area contributed by atoms with E-state index >= 15 is 0 Å². The molecule has 0 aliphatic heterocycles. The molecule has 0 fully saturated rings. The average Bonchev–Trinajstić information content (AvgIpc) is 2.85.